The van der Waals surface area contributed by atoms with Crippen molar-refractivity contribution in [2.45, 2.75) is 90.5 Å². The third-order valence-corrected chi connectivity index (χ3v) is 8.17. The summed E-state index contributed by atoms with van der Waals surface area (Å²) in [5, 5.41) is 10.7. The van der Waals surface area contributed by atoms with E-state index in [9.17, 15) is 9.59 Å². The van der Waals surface area contributed by atoms with Crippen molar-refractivity contribution in [2.24, 2.45) is 0 Å². The standard InChI is InChI=1S/C34H44N8O4/c1-33(2,3)45-31(43)39-19-7-9-29(39)27-21-41(37-35-27)25-15-11-23(12-16-25)24-13-17-26(18-14-24)42-22-28(36-38-42)30-10-8-20-40(30)32(44)46-34(4,5)6/h11-18,21-22,29-30,35,37H,7-10,19-20H2,1-6H3/t29-,30-/m0/s1. The maximum atomic E-state index is 12.8. The predicted molar refractivity (Wildman–Crippen MR) is 175 cm³/mol. The molecule has 0 radical (unpaired) electrons. The molecule has 2 saturated heterocycles. The van der Waals surface area contributed by atoms with Gasteiger partial charge in [-0.2, -0.15) is 0 Å². The number of likely N-dealkylation sites (tertiary alicyclic amines) is 2. The van der Waals surface area contributed by atoms with Crippen molar-refractivity contribution in [1.82, 2.24) is 35.8 Å². The number of amides is 2. The molecule has 1 aromatic heterocycles. The molecular formula is C34H44N8O4. The molecule has 6 rings (SSSR count). The predicted octanol–water partition coefficient (Wildman–Crippen LogP) is 6.08. The number of rotatable bonds is 5. The van der Waals surface area contributed by atoms with Crippen molar-refractivity contribution >= 4 is 17.9 Å². The summed E-state index contributed by atoms with van der Waals surface area (Å²) >= 11 is 0. The SMILES string of the molecule is CC(C)(C)OC(=O)N1CCC[C@H]1C1=CN(c2ccc(-c3ccc(-n4cc([C@@H]5CCCN5C(=O)OC(C)(C)C)nn4)cc3)cc2)NN1. The fourth-order valence-electron chi connectivity index (χ4n) is 6.06. The Bertz CT molecular complexity index is 1590. The summed E-state index contributed by atoms with van der Waals surface area (Å²) in [4.78, 5) is 29.1. The quantitative estimate of drug-likeness (QED) is 0.347. The van der Waals surface area contributed by atoms with Crippen LogP contribution in [0, 0.1) is 0 Å². The molecule has 3 aromatic rings. The van der Waals surface area contributed by atoms with Crippen molar-refractivity contribution in [1.29, 1.82) is 0 Å². The lowest BCUT2D eigenvalue weighted by Crippen LogP contribution is -2.44. The first-order valence-electron chi connectivity index (χ1n) is 16.0. The number of nitrogens with zero attached hydrogens (tertiary/aromatic N) is 6. The normalized spacial score (nSPS) is 20.1. The molecule has 2 amide bonds. The summed E-state index contributed by atoms with van der Waals surface area (Å²) < 4.78 is 13.0. The molecule has 4 heterocycles. The third-order valence-electron chi connectivity index (χ3n) is 8.17. The highest BCUT2D eigenvalue weighted by molar-refractivity contribution is 5.71. The summed E-state index contributed by atoms with van der Waals surface area (Å²) in [6, 6.07) is 16.2. The lowest BCUT2D eigenvalue weighted by atomic mass is 10.0. The van der Waals surface area contributed by atoms with E-state index in [1.54, 1.807) is 14.5 Å². The molecule has 0 spiro atoms. The van der Waals surface area contributed by atoms with Crippen LogP contribution in [0.15, 0.2) is 66.6 Å². The van der Waals surface area contributed by atoms with Gasteiger partial charge in [0.2, 0.25) is 0 Å². The highest BCUT2D eigenvalue weighted by Crippen LogP contribution is 2.33. The largest absolute Gasteiger partial charge is 0.444 e. The van der Waals surface area contributed by atoms with Gasteiger partial charge in [-0.15, -0.1) is 10.6 Å². The van der Waals surface area contributed by atoms with Gasteiger partial charge < -0.3 is 14.9 Å². The molecule has 2 atom stereocenters. The van der Waals surface area contributed by atoms with Crippen molar-refractivity contribution in [3.63, 3.8) is 0 Å². The number of anilines is 1. The zero-order chi connectivity index (χ0) is 32.6. The van der Waals surface area contributed by atoms with Crippen LogP contribution in [0.5, 0.6) is 0 Å². The Morgan fingerprint density at radius 3 is 1.85 bits per heavy atom. The smallest absolute Gasteiger partial charge is 0.410 e. The van der Waals surface area contributed by atoms with E-state index in [1.807, 2.05) is 71.1 Å². The second-order valence-electron chi connectivity index (χ2n) is 14.0. The van der Waals surface area contributed by atoms with E-state index in [0.717, 1.165) is 59.6 Å². The van der Waals surface area contributed by atoms with Gasteiger partial charge in [-0.05, 0) is 103 Å². The number of aromatic nitrogens is 3. The van der Waals surface area contributed by atoms with Crippen LogP contribution in [0.4, 0.5) is 15.3 Å². The van der Waals surface area contributed by atoms with E-state index in [1.165, 1.54) is 0 Å². The van der Waals surface area contributed by atoms with E-state index >= 15 is 0 Å². The van der Waals surface area contributed by atoms with Crippen LogP contribution in [0.2, 0.25) is 0 Å². The zero-order valence-corrected chi connectivity index (χ0v) is 27.5. The second kappa shape index (κ2) is 12.3. The number of hydrazine groups is 2. The van der Waals surface area contributed by atoms with Gasteiger partial charge in [-0.3, -0.25) is 14.8 Å². The number of carbonyl (C=O) groups excluding carboxylic acids is 2. The summed E-state index contributed by atoms with van der Waals surface area (Å²) in [5.41, 5.74) is 11.1. The van der Waals surface area contributed by atoms with Crippen LogP contribution in [-0.4, -0.2) is 67.3 Å². The minimum absolute atomic E-state index is 0.0618. The Morgan fingerprint density at radius 2 is 1.28 bits per heavy atom. The van der Waals surface area contributed by atoms with Gasteiger partial charge in [0.05, 0.1) is 35.4 Å². The first kappa shape index (κ1) is 31.4. The van der Waals surface area contributed by atoms with Gasteiger partial charge >= 0.3 is 12.2 Å². The first-order valence-corrected chi connectivity index (χ1v) is 16.0. The fraction of sp³-hybridized carbons (Fsp3) is 0.471. The number of ether oxygens (including phenoxy) is 2. The maximum Gasteiger partial charge on any atom is 0.410 e. The van der Waals surface area contributed by atoms with Crippen LogP contribution in [0.3, 0.4) is 0 Å². The molecule has 0 bridgehead atoms. The molecule has 0 saturated carbocycles. The monoisotopic (exact) mass is 628 g/mol. The molecule has 3 aliphatic rings. The molecule has 3 aliphatic heterocycles. The number of hydrogen-bond acceptors (Lipinski definition) is 9. The summed E-state index contributed by atoms with van der Waals surface area (Å²) in [7, 11) is 0. The van der Waals surface area contributed by atoms with Crippen molar-refractivity contribution in [3.05, 3.63) is 72.3 Å². The van der Waals surface area contributed by atoms with Gasteiger partial charge in [0, 0.05) is 19.3 Å². The highest BCUT2D eigenvalue weighted by atomic mass is 16.6. The second-order valence-corrected chi connectivity index (χ2v) is 14.0. The van der Waals surface area contributed by atoms with Gasteiger partial charge in [0.15, 0.2) is 0 Å². The number of nitrogens with one attached hydrogen (secondary N) is 2. The molecule has 46 heavy (non-hydrogen) atoms. The van der Waals surface area contributed by atoms with Crippen LogP contribution < -0.4 is 16.0 Å². The van der Waals surface area contributed by atoms with Crippen molar-refractivity contribution < 1.29 is 19.1 Å². The van der Waals surface area contributed by atoms with Crippen molar-refractivity contribution in [2.75, 3.05) is 18.1 Å². The lowest BCUT2D eigenvalue weighted by molar-refractivity contribution is 0.0217. The average Bonchev–Trinajstić information content (AvgIpc) is 3.82. The minimum atomic E-state index is -0.547. The topological polar surface area (TPSA) is 117 Å². The van der Waals surface area contributed by atoms with Gasteiger partial charge in [-0.1, -0.05) is 29.5 Å². The van der Waals surface area contributed by atoms with Gasteiger partial charge in [0.1, 0.15) is 16.9 Å². The summed E-state index contributed by atoms with van der Waals surface area (Å²) in [6.45, 7) is 12.6. The van der Waals surface area contributed by atoms with E-state index in [2.05, 4.69) is 57.7 Å². The Hall–Kier alpha value is -4.58. The maximum absolute atomic E-state index is 12.8. The zero-order valence-electron chi connectivity index (χ0n) is 27.5. The number of carbonyl (C=O) groups is 2. The van der Waals surface area contributed by atoms with Crippen molar-refractivity contribution in [3.8, 4) is 16.8 Å². The molecule has 12 nitrogen and oxygen atoms in total. The van der Waals surface area contributed by atoms with Gasteiger partial charge in [0.25, 0.3) is 0 Å². The Kier molecular flexibility index (Phi) is 8.41. The first-order chi connectivity index (χ1) is 21.8. The molecule has 2 aromatic carbocycles. The Morgan fingerprint density at radius 1 is 0.761 bits per heavy atom. The van der Waals surface area contributed by atoms with E-state index in [0.29, 0.717) is 13.1 Å². The fourth-order valence-corrected chi connectivity index (χ4v) is 6.06. The van der Waals surface area contributed by atoms with E-state index in [-0.39, 0.29) is 24.3 Å². The van der Waals surface area contributed by atoms with Gasteiger partial charge in [-0.25, -0.2) is 14.3 Å². The molecular weight excluding hydrogens is 584 g/mol. The number of hydrogen-bond donors (Lipinski definition) is 2. The van der Waals surface area contributed by atoms with Crippen LogP contribution in [-0.2, 0) is 9.47 Å². The molecule has 2 fully saturated rings. The highest BCUT2D eigenvalue weighted by Gasteiger charge is 2.37. The van der Waals surface area contributed by atoms with E-state index < -0.39 is 11.2 Å². The molecule has 2 N–H and O–H groups in total. The molecule has 244 valence electrons. The van der Waals surface area contributed by atoms with E-state index in [4.69, 9.17) is 9.47 Å². The lowest BCUT2D eigenvalue weighted by Gasteiger charge is -2.28. The molecule has 0 aliphatic carbocycles. The molecule has 0 unspecified atom stereocenters. The summed E-state index contributed by atoms with van der Waals surface area (Å²) in [6.07, 6.45) is 6.85. The molecule has 12 heteroatoms. The summed E-state index contributed by atoms with van der Waals surface area (Å²) in [5.74, 6) is 0. The van der Waals surface area contributed by atoms with Crippen LogP contribution in [0.1, 0.15) is 79.0 Å². The third kappa shape index (κ3) is 6.96. The van der Waals surface area contributed by atoms with Crippen LogP contribution >= 0.6 is 0 Å². The number of benzene rings is 2. The Labute approximate surface area is 270 Å². The van der Waals surface area contributed by atoms with Crippen LogP contribution in [0.25, 0.3) is 16.8 Å². The average molecular weight is 629 g/mol. The Balaban J connectivity index is 1.09. The minimum Gasteiger partial charge on any atom is -0.444 e.